The van der Waals surface area contributed by atoms with Crippen LogP contribution < -0.4 is 0 Å². The van der Waals surface area contributed by atoms with E-state index in [1.165, 1.54) is 32.3 Å². The molecule has 6 heteroatoms. The minimum atomic E-state index is 0.845. The summed E-state index contributed by atoms with van der Waals surface area (Å²) in [5.41, 5.74) is 11.1. The molecule has 0 atom stereocenters. The molecule has 64 heavy (non-hydrogen) atoms. The number of para-hydroxylation sites is 6. The lowest BCUT2D eigenvalue weighted by atomic mass is 10.1. The first-order chi connectivity index (χ1) is 31.8. The van der Waals surface area contributed by atoms with Crippen LogP contribution in [0.5, 0.6) is 0 Å². The summed E-state index contributed by atoms with van der Waals surface area (Å²) in [4.78, 5) is 11.2. The molecule has 0 radical (unpaired) electrons. The molecule has 6 heterocycles. The van der Waals surface area contributed by atoms with Gasteiger partial charge in [0.25, 0.3) is 0 Å². The van der Waals surface area contributed by atoms with Crippen molar-refractivity contribution in [2.24, 2.45) is 0 Å². The van der Waals surface area contributed by atoms with Crippen molar-refractivity contribution in [1.29, 1.82) is 0 Å². The SMILES string of the molecule is c1ccc(-c2cc(-n3c4ccccc4c4ccccc43)nc(-n3c4ccccc4c4c3ccc3c5ccccc5n(-c5cccc(-n6c7ccccc7c7ccccc76)n5)c34)c2)cc1. The van der Waals surface area contributed by atoms with Gasteiger partial charge in [0.05, 0.1) is 44.1 Å². The van der Waals surface area contributed by atoms with Crippen LogP contribution in [-0.2, 0) is 0 Å². The van der Waals surface area contributed by atoms with Crippen LogP contribution in [0.2, 0.25) is 0 Å². The van der Waals surface area contributed by atoms with Crippen LogP contribution in [0.15, 0.2) is 218 Å². The second-order valence-corrected chi connectivity index (χ2v) is 16.6. The molecular formula is C58H36N6. The molecule has 14 rings (SSSR count). The van der Waals surface area contributed by atoms with Gasteiger partial charge in [-0.25, -0.2) is 9.97 Å². The van der Waals surface area contributed by atoms with E-state index in [-0.39, 0.29) is 0 Å². The third-order valence-electron chi connectivity index (χ3n) is 13.2. The van der Waals surface area contributed by atoms with E-state index >= 15 is 0 Å². The second-order valence-electron chi connectivity index (χ2n) is 16.6. The van der Waals surface area contributed by atoms with Crippen LogP contribution >= 0.6 is 0 Å². The second kappa shape index (κ2) is 13.4. The Bertz CT molecular complexity index is 4090. The van der Waals surface area contributed by atoms with Crippen molar-refractivity contribution >= 4 is 87.2 Å². The summed E-state index contributed by atoms with van der Waals surface area (Å²) in [6.07, 6.45) is 0. The maximum atomic E-state index is 5.64. The average molecular weight is 817 g/mol. The topological polar surface area (TPSA) is 45.5 Å². The fourth-order valence-electron chi connectivity index (χ4n) is 10.5. The lowest BCUT2D eigenvalue weighted by molar-refractivity contribution is 1.01. The number of benzene rings is 8. The van der Waals surface area contributed by atoms with E-state index in [0.29, 0.717) is 0 Å². The Morgan fingerprint density at radius 3 is 1.14 bits per heavy atom. The largest absolute Gasteiger partial charge is 0.294 e. The van der Waals surface area contributed by atoms with Gasteiger partial charge in [-0.05, 0) is 77.9 Å². The van der Waals surface area contributed by atoms with Crippen molar-refractivity contribution < 1.29 is 0 Å². The van der Waals surface area contributed by atoms with Crippen LogP contribution in [0.25, 0.3) is 122 Å². The summed E-state index contributed by atoms with van der Waals surface area (Å²) >= 11 is 0. The van der Waals surface area contributed by atoms with Crippen molar-refractivity contribution in [3.8, 4) is 34.4 Å². The van der Waals surface area contributed by atoms with E-state index in [2.05, 4.69) is 237 Å². The predicted molar refractivity (Wildman–Crippen MR) is 265 cm³/mol. The Hall–Kier alpha value is -8.74. The Morgan fingerprint density at radius 2 is 0.609 bits per heavy atom. The highest BCUT2D eigenvalue weighted by Gasteiger charge is 2.24. The molecule has 0 aliphatic rings. The number of rotatable bonds is 5. The summed E-state index contributed by atoms with van der Waals surface area (Å²) in [7, 11) is 0. The van der Waals surface area contributed by atoms with Gasteiger partial charge in [0.2, 0.25) is 0 Å². The number of hydrogen-bond donors (Lipinski definition) is 0. The van der Waals surface area contributed by atoms with Crippen molar-refractivity contribution in [3.63, 3.8) is 0 Å². The smallest absolute Gasteiger partial charge is 0.140 e. The molecule has 6 nitrogen and oxygen atoms in total. The molecule has 0 unspecified atom stereocenters. The summed E-state index contributed by atoms with van der Waals surface area (Å²) in [5, 5.41) is 9.48. The van der Waals surface area contributed by atoms with Crippen molar-refractivity contribution in [3.05, 3.63) is 218 Å². The standard InChI is InChI=1S/C58H36N6/c1-2-17-37(18-3-1)38-35-55(62-48-27-12-6-21-41(48)42-22-7-13-28-49(42)62)60-56(36-38)63-51-30-15-9-24-45(51)57-52(63)34-33-44-43-23-8-14-29-50(43)64(58(44)57)54-32-16-31-53(59-54)61-46-25-10-4-19-39(46)40-20-5-11-26-47(40)61/h1-36H. The van der Waals surface area contributed by atoms with Gasteiger partial charge in [0.15, 0.2) is 0 Å². The number of aromatic nitrogens is 6. The van der Waals surface area contributed by atoms with E-state index in [9.17, 15) is 0 Å². The Labute approximate surface area is 366 Å². The Morgan fingerprint density at radius 1 is 0.234 bits per heavy atom. The third-order valence-corrected chi connectivity index (χ3v) is 13.2. The van der Waals surface area contributed by atoms with Crippen LogP contribution in [0.4, 0.5) is 0 Å². The van der Waals surface area contributed by atoms with Gasteiger partial charge in [-0.1, -0.05) is 152 Å². The van der Waals surface area contributed by atoms with Gasteiger partial charge in [-0.15, -0.1) is 0 Å². The molecule has 0 saturated heterocycles. The molecule has 14 aromatic rings. The predicted octanol–water partition coefficient (Wildman–Crippen LogP) is 14.5. The maximum absolute atomic E-state index is 5.64. The molecule has 0 bridgehead atoms. The molecule has 8 aromatic carbocycles. The molecule has 0 aliphatic heterocycles. The highest BCUT2D eigenvalue weighted by molar-refractivity contribution is 6.26. The zero-order valence-corrected chi connectivity index (χ0v) is 34.5. The lowest BCUT2D eigenvalue weighted by Crippen LogP contribution is -2.04. The van der Waals surface area contributed by atoms with Gasteiger partial charge in [-0.3, -0.25) is 18.3 Å². The lowest BCUT2D eigenvalue weighted by Gasteiger charge is -2.15. The highest BCUT2D eigenvalue weighted by atomic mass is 15.2. The minimum absolute atomic E-state index is 0.845. The number of nitrogens with zero attached hydrogens (tertiary/aromatic N) is 6. The zero-order valence-electron chi connectivity index (χ0n) is 34.5. The Balaban J connectivity index is 1.07. The molecule has 0 amide bonds. The van der Waals surface area contributed by atoms with Gasteiger partial charge in [0.1, 0.15) is 23.3 Å². The molecule has 6 aromatic heterocycles. The van der Waals surface area contributed by atoms with Gasteiger partial charge in [0, 0.05) is 43.1 Å². The fourth-order valence-corrected chi connectivity index (χ4v) is 10.5. The number of hydrogen-bond acceptors (Lipinski definition) is 2. The van der Waals surface area contributed by atoms with Crippen molar-refractivity contribution in [2.45, 2.75) is 0 Å². The first-order valence-corrected chi connectivity index (χ1v) is 21.8. The van der Waals surface area contributed by atoms with Gasteiger partial charge < -0.3 is 0 Å². The highest BCUT2D eigenvalue weighted by Crippen LogP contribution is 2.43. The molecule has 0 spiro atoms. The van der Waals surface area contributed by atoms with Gasteiger partial charge >= 0.3 is 0 Å². The molecule has 0 saturated carbocycles. The van der Waals surface area contributed by atoms with Crippen molar-refractivity contribution in [2.75, 3.05) is 0 Å². The summed E-state index contributed by atoms with van der Waals surface area (Å²) in [6, 6.07) is 78.1. The van der Waals surface area contributed by atoms with E-state index in [1.54, 1.807) is 0 Å². The van der Waals surface area contributed by atoms with Gasteiger partial charge in [-0.2, -0.15) is 0 Å². The van der Waals surface area contributed by atoms with E-state index in [1.807, 2.05) is 0 Å². The van der Waals surface area contributed by atoms with Crippen LogP contribution in [0.3, 0.4) is 0 Å². The van der Waals surface area contributed by atoms with Crippen LogP contribution in [-0.4, -0.2) is 28.2 Å². The number of fused-ring (bicyclic) bond motifs is 13. The average Bonchev–Trinajstić information content (AvgIpc) is 4.09. The molecule has 0 fully saturated rings. The molecule has 0 aliphatic carbocycles. The Kier molecular flexibility index (Phi) is 7.30. The summed E-state index contributed by atoms with van der Waals surface area (Å²) in [6.45, 7) is 0. The van der Waals surface area contributed by atoms with Crippen LogP contribution in [0, 0.1) is 0 Å². The molecule has 298 valence electrons. The van der Waals surface area contributed by atoms with E-state index < -0.39 is 0 Å². The quantitative estimate of drug-likeness (QED) is 0.174. The first kappa shape index (κ1) is 34.9. The fraction of sp³-hybridized carbons (Fsp3) is 0. The van der Waals surface area contributed by atoms with Crippen LogP contribution in [0.1, 0.15) is 0 Å². The van der Waals surface area contributed by atoms with E-state index in [0.717, 1.165) is 89.3 Å². The van der Waals surface area contributed by atoms with Crippen molar-refractivity contribution in [1.82, 2.24) is 28.2 Å². The number of pyridine rings is 2. The summed E-state index contributed by atoms with van der Waals surface area (Å²) < 4.78 is 9.35. The normalized spacial score (nSPS) is 12.1. The summed E-state index contributed by atoms with van der Waals surface area (Å²) in [5.74, 6) is 3.43. The third kappa shape index (κ3) is 4.90. The zero-order chi connectivity index (χ0) is 41.9. The monoisotopic (exact) mass is 816 g/mol. The maximum Gasteiger partial charge on any atom is 0.140 e. The molecular weight excluding hydrogens is 781 g/mol. The first-order valence-electron chi connectivity index (χ1n) is 21.8. The van der Waals surface area contributed by atoms with E-state index in [4.69, 9.17) is 9.97 Å². The minimum Gasteiger partial charge on any atom is -0.294 e. The molecule has 0 N–H and O–H groups in total.